The number of rotatable bonds is 3. The van der Waals surface area contributed by atoms with Gasteiger partial charge in [-0.25, -0.2) is 18.4 Å². The Morgan fingerprint density at radius 1 is 1.12 bits per heavy atom. The number of carbonyl (C=O) groups excluding carboxylic acids is 1. The van der Waals surface area contributed by atoms with Crippen molar-refractivity contribution in [3.8, 4) is 5.82 Å². The first kappa shape index (κ1) is 17.5. The Kier molecular flexibility index (Phi) is 4.41. The lowest BCUT2D eigenvalue weighted by atomic mass is 10.1. The lowest BCUT2D eigenvalue weighted by Crippen LogP contribution is -2.19. The van der Waals surface area contributed by atoms with Gasteiger partial charge < -0.3 is 5.32 Å². The lowest BCUT2D eigenvalue weighted by Gasteiger charge is -2.11. The van der Waals surface area contributed by atoms with E-state index in [-0.39, 0.29) is 11.6 Å². The molecule has 3 aromatic rings. The molecule has 10 heteroatoms. The number of hydrogen-bond acceptors (Lipinski definition) is 3. The largest absolute Gasteiger partial charge is 0.417 e. The van der Waals surface area contributed by atoms with Crippen LogP contribution in [-0.2, 0) is 6.18 Å². The number of anilines is 1. The number of nitrogens with one attached hydrogen (secondary N) is 1. The van der Waals surface area contributed by atoms with Crippen LogP contribution in [0.1, 0.15) is 15.9 Å². The van der Waals surface area contributed by atoms with Crippen LogP contribution < -0.4 is 5.32 Å². The van der Waals surface area contributed by atoms with Gasteiger partial charge in [0.15, 0.2) is 17.5 Å². The molecule has 0 aliphatic rings. The Balaban J connectivity index is 1.85. The zero-order valence-corrected chi connectivity index (χ0v) is 12.8. The number of pyridine rings is 1. The molecule has 1 aromatic carbocycles. The normalized spacial score (nSPS) is 11.4. The van der Waals surface area contributed by atoms with Gasteiger partial charge in [-0.15, -0.1) is 5.10 Å². The number of alkyl halides is 3. The van der Waals surface area contributed by atoms with Crippen molar-refractivity contribution < 1.29 is 26.7 Å². The smallest absolute Gasteiger partial charge is 0.305 e. The van der Waals surface area contributed by atoms with Crippen LogP contribution in [0.25, 0.3) is 5.82 Å². The van der Waals surface area contributed by atoms with Gasteiger partial charge in [0.05, 0.1) is 17.3 Å². The molecule has 2 heterocycles. The van der Waals surface area contributed by atoms with Gasteiger partial charge in [0.2, 0.25) is 0 Å². The quantitative estimate of drug-likeness (QED) is 0.715. The van der Waals surface area contributed by atoms with Crippen LogP contribution in [0, 0.1) is 11.6 Å². The minimum atomic E-state index is -4.70. The van der Waals surface area contributed by atoms with Crippen LogP contribution in [-0.4, -0.2) is 20.7 Å². The summed E-state index contributed by atoms with van der Waals surface area (Å²) in [6, 6.07) is 6.10. The number of nitrogens with zero attached hydrogens (tertiary/aromatic N) is 3. The van der Waals surface area contributed by atoms with E-state index < -0.39 is 34.8 Å². The summed E-state index contributed by atoms with van der Waals surface area (Å²) in [6.07, 6.45) is -2.71. The third-order valence-corrected chi connectivity index (χ3v) is 3.31. The van der Waals surface area contributed by atoms with E-state index in [0.717, 1.165) is 29.1 Å². The molecular weight excluding hydrogens is 359 g/mol. The van der Waals surface area contributed by atoms with E-state index in [1.54, 1.807) is 0 Å². The second-order valence-electron chi connectivity index (χ2n) is 5.10. The summed E-state index contributed by atoms with van der Waals surface area (Å²) < 4.78 is 66.4. The van der Waals surface area contributed by atoms with Gasteiger partial charge in [-0.3, -0.25) is 4.79 Å². The number of benzene rings is 1. The third kappa shape index (κ3) is 3.53. The minimum Gasteiger partial charge on any atom is -0.305 e. The molecule has 0 atom stereocenters. The highest BCUT2D eigenvalue weighted by atomic mass is 19.4. The van der Waals surface area contributed by atoms with Crippen LogP contribution in [0.4, 0.5) is 27.8 Å². The van der Waals surface area contributed by atoms with Crippen molar-refractivity contribution in [1.29, 1.82) is 0 Å². The number of aromatic nitrogens is 3. The van der Waals surface area contributed by atoms with Crippen LogP contribution in [0.5, 0.6) is 0 Å². The molecular formula is C16H9F5N4O. The van der Waals surface area contributed by atoms with E-state index in [1.807, 2.05) is 0 Å². The Hall–Kier alpha value is -3.30. The molecule has 1 amide bonds. The van der Waals surface area contributed by atoms with Gasteiger partial charge >= 0.3 is 6.18 Å². The third-order valence-electron chi connectivity index (χ3n) is 3.31. The molecule has 2 aromatic heterocycles. The summed E-state index contributed by atoms with van der Waals surface area (Å²) in [7, 11) is 0. The predicted molar refractivity (Wildman–Crippen MR) is 80.7 cm³/mol. The molecule has 134 valence electrons. The molecule has 0 aliphatic carbocycles. The Labute approximate surface area is 143 Å². The van der Waals surface area contributed by atoms with Gasteiger partial charge in [0, 0.05) is 18.3 Å². The van der Waals surface area contributed by atoms with Crippen LogP contribution in [0.2, 0.25) is 0 Å². The summed E-state index contributed by atoms with van der Waals surface area (Å²) in [5.41, 5.74) is -1.68. The topological polar surface area (TPSA) is 59.8 Å². The fourth-order valence-corrected chi connectivity index (χ4v) is 2.20. The molecule has 0 aliphatic heterocycles. The van der Waals surface area contributed by atoms with Gasteiger partial charge in [-0.1, -0.05) is 12.1 Å². The number of hydrogen-bond donors (Lipinski definition) is 1. The Morgan fingerprint density at radius 3 is 2.54 bits per heavy atom. The van der Waals surface area contributed by atoms with Crippen molar-refractivity contribution >= 4 is 11.7 Å². The van der Waals surface area contributed by atoms with E-state index in [4.69, 9.17) is 0 Å². The zero-order valence-electron chi connectivity index (χ0n) is 12.8. The standard InChI is InChI=1S/C16H9F5N4O/c17-9-7-12(18)14(22-8-9)25-6-5-13(24-25)23-15(26)10-3-1-2-4-11(10)16(19,20)21/h1-8H,(H,23,24,26). The average molecular weight is 368 g/mol. The molecule has 3 rings (SSSR count). The van der Waals surface area contributed by atoms with Crippen molar-refractivity contribution in [3.63, 3.8) is 0 Å². The molecule has 0 radical (unpaired) electrons. The monoisotopic (exact) mass is 368 g/mol. The first-order valence-electron chi connectivity index (χ1n) is 7.10. The molecule has 1 N–H and O–H groups in total. The van der Waals surface area contributed by atoms with E-state index in [0.29, 0.717) is 6.07 Å². The molecule has 26 heavy (non-hydrogen) atoms. The molecule has 0 saturated heterocycles. The van der Waals surface area contributed by atoms with Crippen molar-refractivity contribution in [2.45, 2.75) is 6.18 Å². The Morgan fingerprint density at radius 2 is 1.85 bits per heavy atom. The number of halogens is 5. The maximum absolute atomic E-state index is 13.7. The van der Waals surface area contributed by atoms with Crippen LogP contribution in [0.15, 0.2) is 48.8 Å². The number of carbonyl (C=O) groups is 1. The van der Waals surface area contributed by atoms with E-state index in [2.05, 4.69) is 15.4 Å². The second-order valence-corrected chi connectivity index (χ2v) is 5.10. The molecule has 0 saturated carbocycles. The van der Waals surface area contributed by atoms with Crippen LogP contribution >= 0.6 is 0 Å². The summed E-state index contributed by atoms with van der Waals surface area (Å²) in [5.74, 6) is -3.36. The van der Waals surface area contributed by atoms with E-state index in [9.17, 15) is 26.7 Å². The van der Waals surface area contributed by atoms with Gasteiger partial charge in [-0.2, -0.15) is 13.2 Å². The summed E-state index contributed by atoms with van der Waals surface area (Å²) in [5, 5.41) is 6.00. The molecule has 0 unspecified atom stereocenters. The fourth-order valence-electron chi connectivity index (χ4n) is 2.20. The average Bonchev–Trinajstić information content (AvgIpc) is 3.02. The highest BCUT2D eigenvalue weighted by Crippen LogP contribution is 2.32. The van der Waals surface area contributed by atoms with Crippen molar-refractivity contribution in [2.24, 2.45) is 0 Å². The van der Waals surface area contributed by atoms with Gasteiger partial charge in [0.25, 0.3) is 5.91 Å². The maximum Gasteiger partial charge on any atom is 0.417 e. The fraction of sp³-hybridized carbons (Fsp3) is 0.0625. The van der Waals surface area contributed by atoms with E-state index in [1.165, 1.54) is 18.3 Å². The Bertz CT molecular complexity index is 967. The lowest BCUT2D eigenvalue weighted by molar-refractivity contribution is -0.137. The SMILES string of the molecule is O=C(Nc1ccn(-c2ncc(F)cc2F)n1)c1ccccc1C(F)(F)F. The highest BCUT2D eigenvalue weighted by Gasteiger charge is 2.34. The maximum atomic E-state index is 13.7. The van der Waals surface area contributed by atoms with Crippen molar-refractivity contribution in [1.82, 2.24) is 14.8 Å². The van der Waals surface area contributed by atoms with Gasteiger partial charge in [-0.05, 0) is 12.1 Å². The van der Waals surface area contributed by atoms with Gasteiger partial charge in [0.1, 0.15) is 5.82 Å². The predicted octanol–water partition coefficient (Wildman–Crippen LogP) is 3.82. The van der Waals surface area contributed by atoms with Crippen molar-refractivity contribution in [3.05, 3.63) is 71.6 Å². The first-order chi connectivity index (χ1) is 12.3. The van der Waals surface area contributed by atoms with Crippen LogP contribution in [0.3, 0.4) is 0 Å². The minimum absolute atomic E-state index is 0.127. The summed E-state index contributed by atoms with van der Waals surface area (Å²) >= 11 is 0. The molecule has 0 spiro atoms. The zero-order chi connectivity index (χ0) is 18.9. The summed E-state index contributed by atoms with van der Waals surface area (Å²) in [4.78, 5) is 15.7. The first-order valence-corrected chi connectivity index (χ1v) is 7.10. The highest BCUT2D eigenvalue weighted by molar-refractivity contribution is 6.04. The summed E-state index contributed by atoms with van der Waals surface area (Å²) in [6.45, 7) is 0. The second kappa shape index (κ2) is 6.54. The molecule has 0 bridgehead atoms. The number of amides is 1. The molecule has 5 nitrogen and oxygen atoms in total. The van der Waals surface area contributed by atoms with E-state index >= 15 is 0 Å². The molecule has 0 fully saturated rings. The van der Waals surface area contributed by atoms with Crippen molar-refractivity contribution in [2.75, 3.05) is 5.32 Å².